The van der Waals surface area contributed by atoms with Crippen molar-refractivity contribution in [1.29, 1.82) is 0 Å². The fourth-order valence-electron chi connectivity index (χ4n) is 1.22. The van der Waals surface area contributed by atoms with Crippen LogP contribution in [0.25, 0.3) is 0 Å². The average molecular weight is 261 g/mol. The number of nitrogens with zero attached hydrogens (tertiary/aromatic N) is 3. The molecule has 0 unspecified atom stereocenters. The van der Waals surface area contributed by atoms with Crippen LogP contribution in [0, 0.1) is 0 Å². The maximum absolute atomic E-state index is 11.4. The molecular formula is C12H11N3O2S. The van der Waals surface area contributed by atoms with Crippen molar-refractivity contribution in [2.24, 2.45) is 0 Å². The zero-order valence-electron chi connectivity index (χ0n) is 9.74. The maximum atomic E-state index is 11.4. The third-order valence-corrected chi connectivity index (χ3v) is 2.91. The molecule has 0 atom stereocenters. The Morgan fingerprint density at radius 3 is 2.72 bits per heavy atom. The van der Waals surface area contributed by atoms with Gasteiger partial charge < -0.3 is 4.74 Å². The van der Waals surface area contributed by atoms with Crippen LogP contribution in [0.15, 0.2) is 47.0 Å². The molecule has 0 aliphatic rings. The first-order valence-electron chi connectivity index (χ1n) is 5.36. The molecule has 0 spiro atoms. The van der Waals surface area contributed by atoms with Crippen molar-refractivity contribution in [2.45, 2.75) is 17.0 Å². The molecule has 0 radical (unpaired) electrons. The molecule has 0 aliphatic carbocycles. The largest absolute Gasteiger partial charge is 0.462 e. The smallest absolute Gasteiger partial charge is 0.339 e. The summed E-state index contributed by atoms with van der Waals surface area (Å²) in [5.41, 5.74) is 0.448. The molecule has 0 N–H and O–H groups in total. The maximum Gasteiger partial charge on any atom is 0.339 e. The highest BCUT2D eigenvalue weighted by Crippen LogP contribution is 2.23. The lowest BCUT2D eigenvalue weighted by atomic mass is 10.3. The molecule has 2 heterocycles. The molecule has 0 bridgehead atoms. The molecule has 0 aliphatic heterocycles. The zero-order valence-corrected chi connectivity index (χ0v) is 10.6. The Hall–Kier alpha value is -1.95. The van der Waals surface area contributed by atoms with Crippen molar-refractivity contribution in [2.75, 3.05) is 6.61 Å². The summed E-state index contributed by atoms with van der Waals surface area (Å²) in [6.45, 7) is 2.13. The molecule has 0 amide bonds. The predicted octanol–water partition coefficient (Wildman–Crippen LogP) is 2.20. The monoisotopic (exact) mass is 261 g/mol. The average Bonchev–Trinajstić information content (AvgIpc) is 2.41. The lowest BCUT2D eigenvalue weighted by Crippen LogP contribution is -2.04. The van der Waals surface area contributed by atoms with Crippen LogP contribution < -0.4 is 0 Å². The summed E-state index contributed by atoms with van der Waals surface area (Å²) in [5, 5.41) is 1.57. The number of pyridine rings is 1. The second kappa shape index (κ2) is 6.11. The molecular weight excluding hydrogens is 250 g/mol. The highest BCUT2D eigenvalue weighted by Gasteiger charge is 2.07. The third-order valence-electron chi connectivity index (χ3n) is 2.01. The molecule has 0 fully saturated rings. The van der Waals surface area contributed by atoms with Crippen molar-refractivity contribution < 1.29 is 9.53 Å². The van der Waals surface area contributed by atoms with Crippen molar-refractivity contribution in [3.63, 3.8) is 0 Å². The van der Waals surface area contributed by atoms with E-state index in [-0.39, 0.29) is 5.97 Å². The number of esters is 1. The number of hydrogen-bond acceptors (Lipinski definition) is 6. The molecule has 92 valence electrons. The second-order valence-corrected chi connectivity index (χ2v) is 4.30. The van der Waals surface area contributed by atoms with Crippen molar-refractivity contribution in [1.82, 2.24) is 15.0 Å². The van der Waals surface area contributed by atoms with E-state index >= 15 is 0 Å². The Kier molecular flexibility index (Phi) is 4.25. The summed E-state index contributed by atoms with van der Waals surface area (Å²) in [7, 11) is 0. The van der Waals surface area contributed by atoms with Gasteiger partial charge in [-0.05, 0) is 36.9 Å². The van der Waals surface area contributed by atoms with Gasteiger partial charge in [-0.3, -0.25) is 0 Å². The van der Waals surface area contributed by atoms with Gasteiger partial charge in [-0.2, -0.15) is 0 Å². The zero-order chi connectivity index (χ0) is 12.8. The highest BCUT2D eigenvalue weighted by atomic mass is 32.2. The Bertz CT molecular complexity index is 517. The van der Waals surface area contributed by atoms with Gasteiger partial charge in [0.2, 0.25) is 0 Å². The SMILES string of the molecule is CCOC(=O)c1ccc(Sc2ccncn2)nc1. The highest BCUT2D eigenvalue weighted by molar-refractivity contribution is 7.99. The molecule has 6 heteroatoms. The predicted molar refractivity (Wildman–Crippen MR) is 66.3 cm³/mol. The van der Waals surface area contributed by atoms with Crippen LogP contribution in [0.4, 0.5) is 0 Å². The van der Waals surface area contributed by atoms with E-state index in [1.165, 1.54) is 24.3 Å². The lowest BCUT2D eigenvalue weighted by molar-refractivity contribution is 0.0525. The molecule has 2 rings (SSSR count). The number of rotatable bonds is 4. The second-order valence-electron chi connectivity index (χ2n) is 3.26. The normalized spacial score (nSPS) is 10.1. The van der Waals surface area contributed by atoms with Crippen LogP contribution in [-0.2, 0) is 4.74 Å². The first-order chi connectivity index (χ1) is 8.79. The third kappa shape index (κ3) is 3.27. The first kappa shape index (κ1) is 12.5. The fourth-order valence-corrected chi connectivity index (χ4v) is 1.91. The molecule has 18 heavy (non-hydrogen) atoms. The van der Waals surface area contributed by atoms with Crippen molar-refractivity contribution in [3.8, 4) is 0 Å². The Labute approximate surface area is 109 Å². The standard InChI is InChI=1S/C12H11N3O2S/c1-2-17-12(16)9-3-4-10(14-7-9)18-11-5-6-13-8-15-11/h3-8H,2H2,1H3. The van der Waals surface area contributed by atoms with Crippen LogP contribution >= 0.6 is 11.8 Å². The summed E-state index contributed by atoms with van der Waals surface area (Å²) < 4.78 is 4.88. The summed E-state index contributed by atoms with van der Waals surface area (Å²) in [5.74, 6) is -0.358. The Morgan fingerprint density at radius 2 is 2.11 bits per heavy atom. The number of hydrogen-bond donors (Lipinski definition) is 0. The summed E-state index contributed by atoms with van der Waals surface area (Å²) in [6.07, 6.45) is 4.65. The Balaban J connectivity index is 2.06. The van der Waals surface area contributed by atoms with Gasteiger partial charge in [0, 0.05) is 12.4 Å². The van der Waals surface area contributed by atoms with Crippen LogP contribution in [0.2, 0.25) is 0 Å². The number of ether oxygens (including phenoxy) is 1. The van der Waals surface area contributed by atoms with Gasteiger partial charge in [0.25, 0.3) is 0 Å². The van der Waals surface area contributed by atoms with E-state index in [9.17, 15) is 4.79 Å². The topological polar surface area (TPSA) is 65.0 Å². The molecule has 0 saturated heterocycles. The molecule has 2 aromatic heterocycles. The van der Waals surface area contributed by atoms with E-state index in [1.54, 1.807) is 31.3 Å². The van der Waals surface area contributed by atoms with E-state index in [1.807, 2.05) is 0 Å². The summed E-state index contributed by atoms with van der Waals surface area (Å²) in [6, 6.07) is 5.25. The van der Waals surface area contributed by atoms with E-state index in [2.05, 4.69) is 15.0 Å². The Morgan fingerprint density at radius 1 is 1.28 bits per heavy atom. The van der Waals surface area contributed by atoms with Crippen LogP contribution in [0.1, 0.15) is 17.3 Å². The van der Waals surface area contributed by atoms with Gasteiger partial charge in [-0.15, -0.1) is 0 Å². The first-order valence-corrected chi connectivity index (χ1v) is 6.18. The number of aromatic nitrogens is 3. The summed E-state index contributed by atoms with van der Waals surface area (Å²) in [4.78, 5) is 23.5. The van der Waals surface area contributed by atoms with Gasteiger partial charge in [0.05, 0.1) is 12.2 Å². The fraction of sp³-hybridized carbons (Fsp3) is 0.167. The van der Waals surface area contributed by atoms with E-state index in [4.69, 9.17) is 4.74 Å². The van der Waals surface area contributed by atoms with E-state index in [0.717, 1.165) is 10.1 Å². The molecule has 0 saturated carbocycles. The van der Waals surface area contributed by atoms with Gasteiger partial charge in [0.1, 0.15) is 16.4 Å². The molecule has 5 nitrogen and oxygen atoms in total. The van der Waals surface area contributed by atoms with Crippen LogP contribution in [-0.4, -0.2) is 27.5 Å². The van der Waals surface area contributed by atoms with E-state index in [0.29, 0.717) is 12.2 Å². The van der Waals surface area contributed by atoms with Gasteiger partial charge in [-0.1, -0.05) is 0 Å². The lowest BCUT2D eigenvalue weighted by Gasteiger charge is -2.02. The van der Waals surface area contributed by atoms with E-state index < -0.39 is 0 Å². The number of carbonyl (C=O) groups excluding carboxylic acids is 1. The van der Waals surface area contributed by atoms with Crippen molar-refractivity contribution in [3.05, 3.63) is 42.5 Å². The molecule has 2 aromatic rings. The molecule has 0 aromatic carbocycles. The van der Waals surface area contributed by atoms with Gasteiger partial charge >= 0.3 is 5.97 Å². The van der Waals surface area contributed by atoms with Gasteiger partial charge in [-0.25, -0.2) is 19.7 Å². The summed E-state index contributed by atoms with van der Waals surface area (Å²) >= 11 is 1.41. The quantitative estimate of drug-likeness (QED) is 0.621. The van der Waals surface area contributed by atoms with Gasteiger partial charge in [0.15, 0.2) is 0 Å². The minimum atomic E-state index is -0.358. The minimum absolute atomic E-state index is 0.357. The van der Waals surface area contributed by atoms with Crippen molar-refractivity contribution >= 4 is 17.7 Å². The number of carbonyl (C=O) groups is 1. The minimum Gasteiger partial charge on any atom is -0.462 e. The van der Waals surface area contributed by atoms with Crippen LogP contribution in [0.3, 0.4) is 0 Å². The van der Waals surface area contributed by atoms with Crippen LogP contribution in [0.5, 0.6) is 0 Å².